The maximum atomic E-state index is 11.7. The first kappa shape index (κ1) is 24.9. The lowest BCUT2D eigenvalue weighted by atomic mass is 10.1. The van der Waals surface area contributed by atoms with Crippen LogP contribution in [-0.4, -0.2) is 24.0 Å². The monoisotopic (exact) mass is 442 g/mol. The Labute approximate surface area is 191 Å². The second-order valence-corrected chi connectivity index (χ2v) is 8.76. The smallest absolute Gasteiger partial charge is 0.244 e. The first-order valence-electron chi connectivity index (χ1n) is 11.3. The van der Waals surface area contributed by atoms with Crippen LogP contribution >= 0.6 is 11.6 Å². The molecule has 0 unspecified atom stereocenters. The molecule has 0 saturated carbocycles. The second-order valence-electron chi connectivity index (χ2n) is 8.32. The molecule has 1 aromatic carbocycles. The number of carbonyl (C=O) groups excluding carboxylic acids is 1. The number of rotatable bonds is 13. The van der Waals surface area contributed by atoms with Crippen LogP contribution in [0.4, 0.5) is 0 Å². The Balaban J connectivity index is 1.52. The lowest BCUT2D eigenvalue weighted by Crippen LogP contribution is -2.25. The standard InChI is InChI=1S/C26H35ClN2O2/c1-20(2)19-28-25(30)17-21(3)11-9-7-5-4-6-8-10-16-31-26-15-12-22-18-23(27)13-14-24(22)29-26/h9,11-15,17-18,20H,4-8,10,16,19H2,1-3H3,(H,28,30). The van der Waals surface area contributed by atoms with Crippen LogP contribution < -0.4 is 10.1 Å². The van der Waals surface area contributed by atoms with Gasteiger partial charge < -0.3 is 10.1 Å². The van der Waals surface area contributed by atoms with Gasteiger partial charge in [-0.1, -0.05) is 56.9 Å². The molecule has 0 saturated heterocycles. The highest BCUT2D eigenvalue weighted by Crippen LogP contribution is 2.20. The zero-order chi connectivity index (χ0) is 22.5. The van der Waals surface area contributed by atoms with Crippen LogP contribution in [0.15, 0.2) is 54.1 Å². The summed E-state index contributed by atoms with van der Waals surface area (Å²) in [5.41, 5.74) is 1.89. The van der Waals surface area contributed by atoms with Crippen molar-refractivity contribution in [2.75, 3.05) is 13.2 Å². The van der Waals surface area contributed by atoms with Gasteiger partial charge in [0.1, 0.15) is 0 Å². The number of unbranched alkanes of at least 4 members (excludes halogenated alkanes) is 5. The Morgan fingerprint density at radius 2 is 1.90 bits per heavy atom. The average Bonchev–Trinajstić information content (AvgIpc) is 2.73. The zero-order valence-corrected chi connectivity index (χ0v) is 19.8. The van der Waals surface area contributed by atoms with Gasteiger partial charge in [0, 0.05) is 29.1 Å². The number of pyridine rings is 1. The molecular formula is C26H35ClN2O2. The highest BCUT2D eigenvalue weighted by atomic mass is 35.5. The quantitative estimate of drug-likeness (QED) is 0.209. The predicted molar refractivity (Wildman–Crippen MR) is 131 cm³/mol. The molecule has 0 fully saturated rings. The summed E-state index contributed by atoms with van der Waals surface area (Å²) >= 11 is 6.00. The molecule has 5 heteroatoms. The minimum absolute atomic E-state index is 0.0126. The van der Waals surface area contributed by atoms with Crippen molar-refractivity contribution in [2.24, 2.45) is 5.92 Å². The van der Waals surface area contributed by atoms with Crippen molar-refractivity contribution in [3.63, 3.8) is 0 Å². The van der Waals surface area contributed by atoms with Crippen molar-refractivity contribution in [3.05, 3.63) is 59.2 Å². The predicted octanol–water partition coefficient (Wildman–Crippen LogP) is 6.88. The number of benzene rings is 1. The van der Waals surface area contributed by atoms with Crippen LogP contribution in [0, 0.1) is 5.92 Å². The summed E-state index contributed by atoms with van der Waals surface area (Å²) in [6, 6.07) is 9.56. The molecule has 1 heterocycles. The van der Waals surface area contributed by atoms with Crippen LogP contribution in [0.25, 0.3) is 10.9 Å². The highest BCUT2D eigenvalue weighted by Gasteiger charge is 2.01. The normalized spacial score (nSPS) is 12.1. The zero-order valence-electron chi connectivity index (χ0n) is 19.0. The minimum atomic E-state index is -0.0126. The number of allylic oxidation sites excluding steroid dienone is 3. The highest BCUT2D eigenvalue weighted by molar-refractivity contribution is 6.31. The fourth-order valence-corrected chi connectivity index (χ4v) is 3.29. The first-order chi connectivity index (χ1) is 14.9. The van der Waals surface area contributed by atoms with Gasteiger partial charge in [0.15, 0.2) is 0 Å². The Morgan fingerprint density at radius 3 is 2.71 bits per heavy atom. The molecule has 4 nitrogen and oxygen atoms in total. The van der Waals surface area contributed by atoms with Crippen molar-refractivity contribution < 1.29 is 9.53 Å². The summed E-state index contributed by atoms with van der Waals surface area (Å²) in [6.07, 6.45) is 12.7. The summed E-state index contributed by atoms with van der Waals surface area (Å²) in [5, 5.41) is 4.64. The van der Waals surface area contributed by atoms with Crippen LogP contribution in [-0.2, 0) is 4.79 Å². The minimum Gasteiger partial charge on any atom is -0.478 e. The summed E-state index contributed by atoms with van der Waals surface area (Å²) in [5.74, 6) is 1.12. The Morgan fingerprint density at radius 1 is 1.13 bits per heavy atom. The van der Waals surface area contributed by atoms with Crippen LogP contribution in [0.1, 0.15) is 59.3 Å². The van der Waals surface area contributed by atoms with Crippen molar-refractivity contribution in [2.45, 2.75) is 59.3 Å². The molecule has 0 atom stereocenters. The number of hydrogen-bond acceptors (Lipinski definition) is 3. The van der Waals surface area contributed by atoms with E-state index in [0.29, 0.717) is 24.9 Å². The third-order valence-electron chi connectivity index (χ3n) is 4.81. The van der Waals surface area contributed by atoms with Crippen molar-refractivity contribution in [1.82, 2.24) is 10.3 Å². The molecule has 0 aliphatic heterocycles. The van der Waals surface area contributed by atoms with E-state index in [-0.39, 0.29) is 5.91 Å². The lowest BCUT2D eigenvalue weighted by Gasteiger charge is -2.06. The molecule has 0 bridgehead atoms. The SMILES string of the molecule is CC(C=CCCCCCCCOc1ccc2cc(Cl)ccc2n1)=CC(=O)NCC(C)C. The lowest BCUT2D eigenvalue weighted by molar-refractivity contribution is -0.116. The van der Waals surface area contributed by atoms with Gasteiger partial charge in [0.05, 0.1) is 12.1 Å². The number of carbonyl (C=O) groups is 1. The summed E-state index contributed by atoms with van der Waals surface area (Å²) in [7, 11) is 0. The third-order valence-corrected chi connectivity index (χ3v) is 5.05. The van der Waals surface area contributed by atoms with Crippen molar-refractivity contribution in [1.29, 1.82) is 0 Å². The van der Waals surface area contributed by atoms with E-state index in [9.17, 15) is 4.79 Å². The van der Waals surface area contributed by atoms with E-state index in [4.69, 9.17) is 16.3 Å². The Bertz CT molecular complexity index is 890. The van der Waals surface area contributed by atoms with E-state index in [1.807, 2.05) is 43.3 Å². The fraction of sp³-hybridized carbons (Fsp3) is 0.462. The number of nitrogens with one attached hydrogen (secondary N) is 1. The molecule has 2 rings (SSSR count). The number of nitrogens with zero attached hydrogens (tertiary/aromatic N) is 1. The number of fused-ring (bicyclic) bond motifs is 1. The van der Waals surface area contributed by atoms with Gasteiger partial charge in [-0.3, -0.25) is 4.79 Å². The molecule has 168 valence electrons. The molecule has 0 aliphatic rings. The van der Waals surface area contributed by atoms with E-state index >= 15 is 0 Å². The van der Waals surface area contributed by atoms with Gasteiger partial charge in [-0.15, -0.1) is 0 Å². The second kappa shape index (κ2) is 13.9. The van der Waals surface area contributed by atoms with E-state index in [1.54, 1.807) is 6.08 Å². The van der Waals surface area contributed by atoms with Crippen LogP contribution in [0.2, 0.25) is 5.02 Å². The van der Waals surface area contributed by atoms with Crippen LogP contribution in [0.3, 0.4) is 0 Å². The summed E-state index contributed by atoms with van der Waals surface area (Å²) in [6.45, 7) is 7.54. The summed E-state index contributed by atoms with van der Waals surface area (Å²) < 4.78 is 5.78. The number of ether oxygens (including phenoxy) is 1. The van der Waals surface area contributed by atoms with Gasteiger partial charge in [0.2, 0.25) is 11.8 Å². The van der Waals surface area contributed by atoms with Crippen LogP contribution in [0.5, 0.6) is 5.88 Å². The van der Waals surface area contributed by atoms with Crippen molar-refractivity contribution in [3.8, 4) is 5.88 Å². The molecule has 1 N–H and O–H groups in total. The van der Waals surface area contributed by atoms with Gasteiger partial charge >= 0.3 is 0 Å². The van der Waals surface area contributed by atoms with E-state index in [1.165, 1.54) is 19.3 Å². The molecule has 0 spiro atoms. The third kappa shape index (κ3) is 10.5. The van der Waals surface area contributed by atoms with E-state index in [0.717, 1.165) is 40.8 Å². The molecule has 31 heavy (non-hydrogen) atoms. The van der Waals surface area contributed by atoms with Gasteiger partial charge in [-0.05, 0) is 61.9 Å². The largest absolute Gasteiger partial charge is 0.478 e. The van der Waals surface area contributed by atoms with Gasteiger partial charge in [-0.25, -0.2) is 4.98 Å². The number of aromatic nitrogens is 1. The summed E-state index contributed by atoms with van der Waals surface area (Å²) in [4.78, 5) is 16.3. The Kier molecular flexibility index (Phi) is 11.2. The molecule has 0 aliphatic carbocycles. The Hall–Kier alpha value is -2.33. The van der Waals surface area contributed by atoms with Gasteiger partial charge in [0.25, 0.3) is 0 Å². The molecular weight excluding hydrogens is 408 g/mol. The molecule has 1 amide bonds. The maximum absolute atomic E-state index is 11.7. The van der Waals surface area contributed by atoms with E-state index in [2.05, 4.69) is 30.2 Å². The molecule has 0 radical (unpaired) electrons. The number of hydrogen-bond donors (Lipinski definition) is 1. The van der Waals surface area contributed by atoms with E-state index < -0.39 is 0 Å². The number of amides is 1. The fourth-order valence-electron chi connectivity index (χ4n) is 3.11. The average molecular weight is 443 g/mol. The topological polar surface area (TPSA) is 51.2 Å². The first-order valence-corrected chi connectivity index (χ1v) is 11.6. The maximum Gasteiger partial charge on any atom is 0.244 e. The number of halogens is 1. The van der Waals surface area contributed by atoms with Gasteiger partial charge in [-0.2, -0.15) is 0 Å². The molecule has 1 aromatic heterocycles. The van der Waals surface area contributed by atoms with Crippen molar-refractivity contribution >= 4 is 28.4 Å². The molecule has 2 aromatic rings.